The highest BCUT2D eigenvalue weighted by molar-refractivity contribution is 6.31. The number of para-hydroxylation sites is 2. The van der Waals surface area contributed by atoms with Crippen molar-refractivity contribution in [2.45, 2.75) is 31.2 Å². The van der Waals surface area contributed by atoms with Crippen LogP contribution in [0.25, 0.3) is 0 Å². The molecular formula is C26H20ClF3N2O2. The molecule has 1 aliphatic carbocycles. The number of hydrogen-bond donors (Lipinski definition) is 2. The number of ketones is 1. The number of carbonyl (C=O) groups is 1. The van der Waals surface area contributed by atoms with Crippen molar-refractivity contribution in [1.29, 1.82) is 0 Å². The Morgan fingerprint density at radius 3 is 2.26 bits per heavy atom. The number of allylic oxidation sites excluding steroid dienone is 1. The number of anilines is 2. The van der Waals surface area contributed by atoms with Crippen molar-refractivity contribution in [2.75, 3.05) is 10.6 Å². The van der Waals surface area contributed by atoms with Gasteiger partial charge in [0, 0.05) is 22.7 Å². The second-order valence-corrected chi connectivity index (χ2v) is 8.71. The van der Waals surface area contributed by atoms with E-state index in [1.165, 1.54) is 12.1 Å². The Balaban J connectivity index is 1.55. The summed E-state index contributed by atoms with van der Waals surface area (Å²) in [5.41, 5.74) is 4.54. The first-order valence-corrected chi connectivity index (χ1v) is 11.2. The van der Waals surface area contributed by atoms with E-state index in [2.05, 4.69) is 15.4 Å². The summed E-state index contributed by atoms with van der Waals surface area (Å²) in [6, 6.07) is 20.2. The van der Waals surface area contributed by atoms with Crippen LogP contribution in [-0.2, 0) is 4.79 Å². The Kier molecular flexibility index (Phi) is 5.73. The highest BCUT2D eigenvalue weighted by Gasteiger charge is 2.37. The first kappa shape index (κ1) is 22.3. The van der Waals surface area contributed by atoms with Gasteiger partial charge in [0.25, 0.3) is 0 Å². The van der Waals surface area contributed by atoms with Gasteiger partial charge in [0.15, 0.2) is 5.78 Å². The van der Waals surface area contributed by atoms with Gasteiger partial charge in [0.2, 0.25) is 0 Å². The molecule has 0 radical (unpaired) electrons. The average Bonchev–Trinajstić information content (AvgIpc) is 2.96. The van der Waals surface area contributed by atoms with E-state index in [0.717, 1.165) is 22.6 Å². The Labute approximate surface area is 199 Å². The summed E-state index contributed by atoms with van der Waals surface area (Å²) in [7, 11) is 0. The maximum Gasteiger partial charge on any atom is 0.573 e. The molecule has 174 valence electrons. The Morgan fingerprint density at radius 2 is 1.56 bits per heavy atom. The summed E-state index contributed by atoms with van der Waals surface area (Å²) in [5.74, 6) is -0.438. The first-order chi connectivity index (χ1) is 16.3. The van der Waals surface area contributed by atoms with E-state index in [0.29, 0.717) is 22.6 Å². The van der Waals surface area contributed by atoms with Crippen LogP contribution in [0.5, 0.6) is 5.75 Å². The zero-order valence-corrected chi connectivity index (χ0v) is 18.6. The van der Waals surface area contributed by atoms with Gasteiger partial charge in [-0.2, -0.15) is 0 Å². The van der Waals surface area contributed by atoms with Crippen molar-refractivity contribution in [3.05, 3.63) is 100 Å². The minimum Gasteiger partial charge on any atom is -0.406 e. The lowest BCUT2D eigenvalue weighted by Gasteiger charge is -2.30. The van der Waals surface area contributed by atoms with Gasteiger partial charge in [-0.25, -0.2) is 0 Å². The monoisotopic (exact) mass is 484 g/mol. The van der Waals surface area contributed by atoms with E-state index in [1.54, 1.807) is 12.1 Å². The third kappa shape index (κ3) is 4.48. The third-order valence-corrected chi connectivity index (χ3v) is 6.45. The van der Waals surface area contributed by atoms with Gasteiger partial charge in [0.05, 0.1) is 17.4 Å². The lowest BCUT2D eigenvalue weighted by atomic mass is 9.78. The molecule has 3 aromatic carbocycles. The fourth-order valence-corrected chi connectivity index (χ4v) is 4.92. The predicted molar refractivity (Wildman–Crippen MR) is 125 cm³/mol. The van der Waals surface area contributed by atoms with Crippen molar-refractivity contribution < 1.29 is 22.7 Å². The second kappa shape index (κ2) is 8.72. The molecule has 0 saturated carbocycles. The fourth-order valence-electron chi connectivity index (χ4n) is 4.63. The second-order valence-electron chi connectivity index (χ2n) is 8.31. The van der Waals surface area contributed by atoms with Crippen LogP contribution in [0.3, 0.4) is 0 Å². The van der Waals surface area contributed by atoms with Crippen LogP contribution in [-0.4, -0.2) is 12.1 Å². The Bertz CT molecular complexity index is 1270. The van der Waals surface area contributed by atoms with Gasteiger partial charge in [-0.05, 0) is 53.8 Å². The molecule has 0 fully saturated rings. The number of carbonyl (C=O) groups excluding carboxylic acids is 1. The molecule has 0 amide bonds. The maximum atomic E-state index is 13.5. The number of fused-ring (bicyclic) bond motifs is 1. The molecule has 1 heterocycles. The van der Waals surface area contributed by atoms with Gasteiger partial charge in [-0.15, -0.1) is 13.2 Å². The van der Waals surface area contributed by atoms with E-state index in [1.807, 2.05) is 48.5 Å². The van der Waals surface area contributed by atoms with Crippen LogP contribution in [0.15, 0.2) is 84.1 Å². The summed E-state index contributed by atoms with van der Waals surface area (Å²) in [5, 5.41) is 7.46. The standard InChI is InChI=1S/C26H20ClF3N2O2/c27-19-6-2-1-5-18(19)16-13-22-24(23(33)14-16)25(32-21-8-4-3-7-20(21)31-22)15-9-11-17(12-10-15)34-26(28,29)30/h1-12,16,25,31-32H,13-14H2/t16-,25-/m0/s1. The van der Waals surface area contributed by atoms with Crippen molar-refractivity contribution in [3.63, 3.8) is 0 Å². The number of ether oxygens (including phenoxy) is 1. The molecule has 0 unspecified atom stereocenters. The van der Waals surface area contributed by atoms with Gasteiger partial charge < -0.3 is 15.4 Å². The average molecular weight is 485 g/mol. The van der Waals surface area contributed by atoms with E-state index in [9.17, 15) is 18.0 Å². The molecular weight excluding hydrogens is 465 g/mol. The van der Waals surface area contributed by atoms with Crippen LogP contribution in [0.1, 0.15) is 35.9 Å². The number of alkyl halides is 3. The minimum absolute atomic E-state index is 0.0420. The van der Waals surface area contributed by atoms with Crippen molar-refractivity contribution in [1.82, 2.24) is 0 Å². The van der Waals surface area contributed by atoms with E-state index in [-0.39, 0.29) is 23.9 Å². The third-order valence-electron chi connectivity index (χ3n) is 6.10. The zero-order chi connectivity index (χ0) is 23.9. The molecule has 8 heteroatoms. The lowest BCUT2D eigenvalue weighted by Crippen LogP contribution is -2.27. The van der Waals surface area contributed by atoms with Crippen molar-refractivity contribution in [3.8, 4) is 5.75 Å². The molecule has 0 saturated heterocycles. The topological polar surface area (TPSA) is 50.4 Å². The molecule has 0 spiro atoms. The van der Waals surface area contributed by atoms with Gasteiger partial charge in [-0.3, -0.25) is 4.79 Å². The number of halogens is 4. The van der Waals surface area contributed by atoms with Gasteiger partial charge in [0.1, 0.15) is 5.75 Å². The summed E-state index contributed by atoms with van der Waals surface area (Å²) < 4.78 is 41.8. The number of nitrogens with one attached hydrogen (secondary N) is 2. The van der Waals surface area contributed by atoms with E-state index in [4.69, 9.17) is 11.6 Å². The van der Waals surface area contributed by atoms with Crippen LogP contribution in [0.2, 0.25) is 5.02 Å². The molecule has 5 rings (SSSR count). The SMILES string of the molecule is O=C1C[C@@H](c2ccccc2Cl)CC2=C1[C@H](c1ccc(OC(F)(F)F)cc1)Nc1ccccc1N2. The molecule has 2 atom stereocenters. The number of benzene rings is 3. The summed E-state index contributed by atoms with van der Waals surface area (Å²) in [4.78, 5) is 13.5. The lowest BCUT2D eigenvalue weighted by molar-refractivity contribution is -0.274. The quantitative estimate of drug-likeness (QED) is 0.412. The summed E-state index contributed by atoms with van der Waals surface area (Å²) in [6.45, 7) is 0. The largest absolute Gasteiger partial charge is 0.573 e. The first-order valence-electron chi connectivity index (χ1n) is 10.8. The molecule has 2 N–H and O–H groups in total. The van der Waals surface area contributed by atoms with Crippen LogP contribution in [0, 0.1) is 0 Å². The van der Waals surface area contributed by atoms with E-state index >= 15 is 0 Å². The Morgan fingerprint density at radius 1 is 0.882 bits per heavy atom. The summed E-state index contributed by atoms with van der Waals surface area (Å²) in [6.07, 6.45) is -3.91. The number of hydrogen-bond acceptors (Lipinski definition) is 4. The van der Waals surface area contributed by atoms with Crippen molar-refractivity contribution >= 4 is 28.8 Å². The van der Waals surface area contributed by atoms with E-state index < -0.39 is 12.4 Å². The highest BCUT2D eigenvalue weighted by atomic mass is 35.5. The molecule has 1 aliphatic heterocycles. The fraction of sp³-hybridized carbons (Fsp3) is 0.192. The molecule has 2 aliphatic rings. The predicted octanol–water partition coefficient (Wildman–Crippen LogP) is 7.22. The Hall–Kier alpha value is -3.45. The van der Waals surface area contributed by atoms with Gasteiger partial charge >= 0.3 is 6.36 Å². The van der Waals surface area contributed by atoms with Gasteiger partial charge in [-0.1, -0.05) is 54.1 Å². The van der Waals surface area contributed by atoms with Crippen LogP contribution in [0.4, 0.5) is 24.5 Å². The van der Waals surface area contributed by atoms with Crippen LogP contribution >= 0.6 is 11.6 Å². The molecule has 3 aromatic rings. The molecule has 4 nitrogen and oxygen atoms in total. The molecule has 0 aromatic heterocycles. The zero-order valence-electron chi connectivity index (χ0n) is 17.8. The van der Waals surface area contributed by atoms with Crippen LogP contribution < -0.4 is 15.4 Å². The normalized spacial score (nSPS) is 19.9. The summed E-state index contributed by atoms with van der Waals surface area (Å²) >= 11 is 6.43. The minimum atomic E-state index is -4.77. The smallest absolute Gasteiger partial charge is 0.406 e. The number of rotatable bonds is 3. The van der Waals surface area contributed by atoms with Crippen molar-refractivity contribution in [2.24, 2.45) is 0 Å². The number of Topliss-reactive ketones (excluding diaryl/α,β-unsaturated/α-hetero) is 1. The molecule has 34 heavy (non-hydrogen) atoms. The maximum absolute atomic E-state index is 13.5. The highest BCUT2D eigenvalue weighted by Crippen LogP contribution is 2.45. The molecule has 0 bridgehead atoms.